The summed E-state index contributed by atoms with van der Waals surface area (Å²) >= 11 is 0.948. The Kier molecular flexibility index (Phi) is 7.60. The van der Waals surface area contributed by atoms with E-state index in [-0.39, 0.29) is 22.1 Å². The first-order valence-electron chi connectivity index (χ1n) is 9.03. The molecule has 0 aromatic heterocycles. The number of ether oxygens (including phenoxy) is 2. The molecule has 1 saturated heterocycles. The molecule has 0 aliphatic carbocycles. The van der Waals surface area contributed by atoms with Crippen molar-refractivity contribution in [3.8, 4) is 5.75 Å². The number of esters is 1. The predicted octanol–water partition coefficient (Wildman–Crippen LogP) is 0.555. The summed E-state index contributed by atoms with van der Waals surface area (Å²) in [6, 6.07) is 14.3. The summed E-state index contributed by atoms with van der Waals surface area (Å²) in [6.07, 6.45) is 2.45. The van der Waals surface area contributed by atoms with Gasteiger partial charge in [0.1, 0.15) is 12.4 Å². The van der Waals surface area contributed by atoms with E-state index in [9.17, 15) is 19.6 Å². The molecule has 2 aromatic carbocycles. The van der Waals surface area contributed by atoms with E-state index in [1.165, 1.54) is 19.4 Å². The zero-order valence-electron chi connectivity index (χ0n) is 16.4. The number of hydrogen-bond acceptors (Lipinski definition) is 9. The van der Waals surface area contributed by atoms with Crippen LogP contribution in [0, 0.1) is 0 Å². The lowest BCUT2D eigenvalue weighted by Crippen LogP contribution is -2.31. The maximum absolute atomic E-state index is 11.8. The molecule has 1 heterocycles. The second-order valence-electron chi connectivity index (χ2n) is 6.18. The SMILES string of the molecule is COC(=O)/C=C1/S/C(=N\N=Cc2ccc(OCc3ccccc3)c(B(O)O)c2)NC1=O. The molecule has 0 atom stereocenters. The smallest absolute Gasteiger partial charge is 0.489 e. The lowest BCUT2D eigenvalue weighted by atomic mass is 9.79. The standard InChI is InChI=1S/C20H18BN3O6S/c1-29-18(25)10-17-19(26)23-20(31-17)24-22-11-14-7-8-16(15(9-14)21(27)28)30-12-13-5-3-2-4-6-13/h2-11,27-28H,12H2,1H3,(H,23,24,26)/b17-10+,22-11?. The average Bonchev–Trinajstić information content (AvgIpc) is 3.12. The van der Waals surface area contributed by atoms with Crippen molar-refractivity contribution in [2.24, 2.45) is 10.2 Å². The molecule has 1 aliphatic heterocycles. The van der Waals surface area contributed by atoms with Crippen molar-refractivity contribution in [1.82, 2.24) is 5.32 Å². The predicted molar refractivity (Wildman–Crippen MR) is 118 cm³/mol. The summed E-state index contributed by atoms with van der Waals surface area (Å²) in [5.74, 6) is -0.791. The Bertz CT molecular complexity index is 1060. The first-order chi connectivity index (χ1) is 15.0. The van der Waals surface area contributed by atoms with E-state index in [2.05, 4.69) is 20.3 Å². The van der Waals surface area contributed by atoms with Gasteiger partial charge in [0.25, 0.3) is 5.91 Å². The number of nitrogens with zero attached hydrogens (tertiary/aromatic N) is 2. The number of carbonyl (C=O) groups is 2. The van der Waals surface area contributed by atoms with E-state index in [4.69, 9.17) is 4.74 Å². The number of benzene rings is 2. The maximum Gasteiger partial charge on any atom is 0.492 e. The number of amidine groups is 1. The second-order valence-corrected chi connectivity index (χ2v) is 7.21. The van der Waals surface area contributed by atoms with Gasteiger partial charge >= 0.3 is 13.1 Å². The summed E-state index contributed by atoms with van der Waals surface area (Å²) < 4.78 is 10.2. The van der Waals surface area contributed by atoms with Gasteiger partial charge in [0.05, 0.1) is 18.2 Å². The van der Waals surface area contributed by atoms with Crippen molar-refractivity contribution in [2.45, 2.75) is 6.61 Å². The molecular formula is C20H18BN3O6S. The van der Waals surface area contributed by atoms with Gasteiger partial charge in [0, 0.05) is 11.5 Å². The van der Waals surface area contributed by atoms with Crippen molar-refractivity contribution in [1.29, 1.82) is 0 Å². The molecule has 0 spiro atoms. The van der Waals surface area contributed by atoms with Gasteiger partial charge in [0.2, 0.25) is 0 Å². The van der Waals surface area contributed by atoms with Crippen molar-refractivity contribution in [3.05, 3.63) is 70.6 Å². The molecule has 2 aromatic rings. The zero-order chi connectivity index (χ0) is 22.2. The number of hydrogen-bond donors (Lipinski definition) is 3. The van der Waals surface area contributed by atoms with Crippen molar-refractivity contribution in [2.75, 3.05) is 7.11 Å². The average molecular weight is 439 g/mol. The molecule has 1 amide bonds. The van der Waals surface area contributed by atoms with Crippen molar-refractivity contribution >= 4 is 47.6 Å². The number of amides is 1. The Balaban J connectivity index is 1.69. The van der Waals surface area contributed by atoms with Gasteiger partial charge < -0.3 is 19.5 Å². The molecule has 31 heavy (non-hydrogen) atoms. The normalized spacial score (nSPS) is 16.0. The number of thioether (sulfide) groups is 1. The van der Waals surface area contributed by atoms with Crippen molar-refractivity contribution < 1.29 is 29.1 Å². The van der Waals surface area contributed by atoms with E-state index in [0.717, 1.165) is 23.4 Å². The van der Waals surface area contributed by atoms with E-state index in [1.807, 2.05) is 30.3 Å². The fraction of sp³-hybridized carbons (Fsp3) is 0.100. The van der Waals surface area contributed by atoms with Crippen LogP contribution < -0.4 is 15.5 Å². The first kappa shape index (κ1) is 22.3. The van der Waals surface area contributed by atoms with Gasteiger partial charge in [-0.1, -0.05) is 30.3 Å². The highest BCUT2D eigenvalue weighted by molar-refractivity contribution is 8.18. The lowest BCUT2D eigenvalue weighted by molar-refractivity contribution is -0.135. The van der Waals surface area contributed by atoms with Gasteiger partial charge in [-0.25, -0.2) is 4.79 Å². The van der Waals surface area contributed by atoms with Crippen LogP contribution in [-0.2, 0) is 20.9 Å². The van der Waals surface area contributed by atoms with Gasteiger partial charge in [-0.05, 0) is 41.1 Å². The van der Waals surface area contributed by atoms with Crippen LogP contribution in [0.5, 0.6) is 5.75 Å². The van der Waals surface area contributed by atoms with Gasteiger partial charge in [-0.2, -0.15) is 5.10 Å². The Morgan fingerprint density at radius 3 is 2.71 bits per heavy atom. The lowest BCUT2D eigenvalue weighted by Gasteiger charge is -2.12. The summed E-state index contributed by atoms with van der Waals surface area (Å²) in [5.41, 5.74) is 1.66. The van der Waals surface area contributed by atoms with E-state index < -0.39 is 19.0 Å². The molecule has 1 aliphatic rings. The van der Waals surface area contributed by atoms with Crippen LogP contribution in [0.4, 0.5) is 0 Å². The molecule has 1 fully saturated rings. The van der Waals surface area contributed by atoms with Crippen LogP contribution in [0.1, 0.15) is 11.1 Å². The Morgan fingerprint density at radius 2 is 2.00 bits per heavy atom. The fourth-order valence-corrected chi connectivity index (χ4v) is 3.24. The number of carbonyl (C=O) groups excluding carboxylic acids is 2. The fourth-order valence-electron chi connectivity index (χ4n) is 2.50. The van der Waals surface area contributed by atoms with Gasteiger partial charge in [-0.15, -0.1) is 5.10 Å². The molecule has 0 radical (unpaired) electrons. The molecule has 3 N–H and O–H groups in total. The molecule has 158 valence electrons. The van der Waals surface area contributed by atoms with Crippen LogP contribution in [0.25, 0.3) is 0 Å². The van der Waals surface area contributed by atoms with Gasteiger partial charge in [-0.3, -0.25) is 10.1 Å². The minimum atomic E-state index is -1.74. The monoisotopic (exact) mass is 439 g/mol. The largest absolute Gasteiger partial charge is 0.492 e. The minimum absolute atomic E-state index is 0.145. The summed E-state index contributed by atoms with van der Waals surface area (Å²) in [7, 11) is -0.521. The third-order valence-electron chi connectivity index (χ3n) is 4.01. The van der Waals surface area contributed by atoms with Crippen LogP contribution >= 0.6 is 11.8 Å². The van der Waals surface area contributed by atoms with Crippen LogP contribution in [-0.4, -0.2) is 47.5 Å². The molecule has 11 heteroatoms. The molecule has 0 saturated carbocycles. The Labute approximate surface area is 182 Å². The number of methoxy groups -OCH3 is 1. The maximum atomic E-state index is 11.8. The highest BCUT2D eigenvalue weighted by atomic mass is 32.2. The third kappa shape index (κ3) is 6.28. The molecule has 0 bridgehead atoms. The summed E-state index contributed by atoms with van der Waals surface area (Å²) in [4.78, 5) is 23.2. The molecule has 9 nitrogen and oxygen atoms in total. The Hall–Kier alpha value is -3.41. The second kappa shape index (κ2) is 10.6. The van der Waals surface area contributed by atoms with E-state index in [1.54, 1.807) is 12.1 Å². The van der Waals surface area contributed by atoms with Gasteiger partial charge in [0.15, 0.2) is 5.17 Å². The topological polar surface area (TPSA) is 130 Å². The quantitative estimate of drug-likeness (QED) is 0.189. The molecule has 3 rings (SSSR count). The highest BCUT2D eigenvalue weighted by Crippen LogP contribution is 2.23. The Morgan fingerprint density at radius 1 is 1.23 bits per heavy atom. The molecule has 0 unspecified atom stereocenters. The first-order valence-corrected chi connectivity index (χ1v) is 9.84. The third-order valence-corrected chi connectivity index (χ3v) is 4.91. The van der Waals surface area contributed by atoms with Crippen molar-refractivity contribution in [3.63, 3.8) is 0 Å². The van der Waals surface area contributed by atoms with E-state index in [0.29, 0.717) is 11.3 Å². The van der Waals surface area contributed by atoms with E-state index >= 15 is 0 Å². The summed E-state index contributed by atoms with van der Waals surface area (Å²) in [6.45, 7) is 0.278. The highest BCUT2D eigenvalue weighted by Gasteiger charge is 2.25. The number of nitrogens with one attached hydrogen (secondary N) is 1. The minimum Gasteiger partial charge on any atom is -0.489 e. The van der Waals surface area contributed by atoms with Crippen LogP contribution in [0.3, 0.4) is 0 Å². The number of rotatable bonds is 7. The van der Waals surface area contributed by atoms with Crippen LogP contribution in [0.15, 0.2) is 69.7 Å². The summed E-state index contributed by atoms with van der Waals surface area (Å²) in [5, 5.41) is 29.8. The van der Waals surface area contributed by atoms with Crippen LogP contribution in [0.2, 0.25) is 0 Å². The zero-order valence-corrected chi connectivity index (χ0v) is 17.2. The molecular weight excluding hydrogens is 421 g/mol.